The highest BCUT2D eigenvalue weighted by Gasteiger charge is 1.96. The number of rotatable bonds is 7. The normalized spacial score (nSPS) is 10.3. The first kappa shape index (κ1) is 12.1. The van der Waals surface area contributed by atoms with E-state index in [-0.39, 0.29) is 5.28 Å². The zero-order chi connectivity index (χ0) is 10.9. The Hall–Kier alpha value is -0.980. The van der Waals surface area contributed by atoms with E-state index >= 15 is 0 Å². The minimum absolute atomic E-state index is 0.125. The van der Waals surface area contributed by atoms with Crippen molar-refractivity contribution in [3.05, 3.63) is 11.5 Å². The average Bonchev–Trinajstić information content (AvgIpc) is 2.23. The molecule has 0 aliphatic heterocycles. The smallest absolute Gasteiger partial charge is 0.244 e. The van der Waals surface area contributed by atoms with Crippen molar-refractivity contribution in [1.82, 2.24) is 15.2 Å². The second kappa shape index (κ2) is 7.33. The SMILES string of the molecule is COCCOCCNc1cnnc(Cl)n1. The Kier molecular flexibility index (Phi) is 5.91. The predicted octanol–water partition coefficient (Wildman–Crippen LogP) is 0.600. The van der Waals surface area contributed by atoms with Crippen molar-refractivity contribution in [2.24, 2.45) is 0 Å². The zero-order valence-corrected chi connectivity index (χ0v) is 9.20. The predicted molar refractivity (Wildman–Crippen MR) is 56.0 cm³/mol. The molecule has 6 nitrogen and oxygen atoms in total. The molecule has 0 saturated heterocycles. The maximum absolute atomic E-state index is 5.55. The fraction of sp³-hybridized carbons (Fsp3) is 0.625. The van der Waals surface area contributed by atoms with Gasteiger partial charge < -0.3 is 14.8 Å². The lowest BCUT2D eigenvalue weighted by Gasteiger charge is -2.05. The second-order valence-electron chi connectivity index (χ2n) is 2.64. The molecule has 0 bridgehead atoms. The summed E-state index contributed by atoms with van der Waals surface area (Å²) in [6.45, 7) is 2.39. The minimum atomic E-state index is 0.125. The van der Waals surface area contributed by atoms with Crippen LogP contribution in [0.2, 0.25) is 5.28 Å². The van der Waals surface area contributed by atoms with Gasteiger partial charge in [-0.3, -0.25) is 0 Å². The van der Waals surface area contributed by atoms with E-state index in [9.17, 15) is 0 Å². The molecule has 1 aromatic rings. The van der Waals surface area contributed by atoms with Crippen LogP contribution in [0.15, 0.2) is 6.20 Å². The molecule has 0 aromatic carbocycles. The molecule has 0 atom stereocenters. The average molecular weight is 233 g/mol. The third kappa shape index (κ3) is 5.46. The van der Waals surface area contributed by atoms with Crippen LogP contribution in [-0.2, 0) is 9.47 Å². The Balaban J connectivity index is 2.10. The quantitative estimate of drug-likeness (QED) is 0.695. The van der Waals surface area contributed by atoms with E-state index in [4.69, 9.17) is 21.1 Å². The molecule has 0 radical (unpaired) electrons. The molecule has 1 heterocycles. The molecule has 15 heavy (non-hydrogen) atoms. The van der Waals surface area contributed by atoms with Gasteiger partial charge in [0.2, 0.25) is 5.28 Å². The summed E-state index contributed by atoms with van der Waals surface area (Å²) in [4.78, 5) is 3.91. The lowest BCUT2D eigenvalue weighted by molar-refractivity contribution is 0.0759. The van der Waals surface area contributed by atoms with Gasteiger partial charge in [0.05, 0.1) is 26.0 Å². The zero-order valence-electron chi connectivity index (χ0n) is 8.44. The van der Waals surface area contributed by atoms with Crippen molar-refractivity contribution < 1.29 is 9.47 Å². The third-order valence-corrected chi connectivity index (χ3v) is 1.68. The summed E-state index contributed by atoms with van der Waals surface area (Å²) in [5.74, 6) is 0.588. The van der Waals surface area contributed by atoms with Gasteiger partial charge in [0.1, 0.15) is 5.82 Å². The van der Waals surface area contributed by atoms with Gasteiger partial charge in [-0.2, -0.15) is 10.1 Å². The van der Waals surface area contributed by atoms with E-state index < -0.39 is 0 Å². The molecule has 1 rings (SSSR count). The van der Waals surface area contributed by atoms with E-state index in [1.54, 1.807) is 7.11 Å². The van der Waals surface area contributed by atoms with E-state index in [0.29, 0.717) is 32.2 Å². The van der Waals surface area contributed by atoms with Crippen molar-refractivity contribution in [3.8, 4) is 0 Å². The largest absolute Gasteiger partial charge is 0.382 e. The second-order valence-corrected chi connectivity index (χ2v) is 2.98. The van der Waals surface area contributed by atoms with Gasteiger partial charge in [-0.1, -0.05) is 0 Å². The van der Waals surface area contributed by atoms with E-state index in [2.05, 4.69) is 20.5 Å². The molecule has 0 aliphatic rings. The van der Waals surface area contributed by atoms with Gasteiger partial charge in [0.15, 0.2) is 0 Å². The fourth-order valence-corrected chi connectivity index (χ4v) is 0.997. The standard InChI is InChI=1S/C8H13ClN4O2/c1-14-4-5-15-3-2-10-7-6-11-13-8(9)12-7/h6H,2-5H2,1H3,(H,10,12,13). The molecule has 1 N–H and O–H groups in total. The number of methoxy groups -OCH3 is 1. The van der Waals surface area contributed by atoms with Crippen LogP contribution in [0.5, 0.6) is 0 Å². The Morgan fingerprint density at radius 1 is 1.40 bits per heavy atom. The molecular formula is C8H13ClN4O2. The van der Waals surface area contributed by atoms with E-state index in [1.165, 1.54) is 6.20 Å². The van der Waals surface area contributed by atoms with Gasteiger partial charge >= 0.3 is 0 Å². The lowest BCUT2D eigenvalue weighted by atomic mass is 10.6. The van der Waals surface area contributed by atoms with Crippen molar-refractivity contribution >= 4 is 17.4 Å². The van der Waals surface area contributed by atoms with Crippen LogP contribution in [-0.4, -0.2) is 48.7 Å². The topological polar surface area (TPSA) is 69.2 Å². The Bertz CT molecular complexity index is 287. The number of hydrogen-bond donors (Lipinski definition) is 1. The first-order chi connectivity index (χ1) is 7.33. The number of nitrogens with one attached hydrogen (secondary N) is 1. The number of anilines is 1. The molecular weight excluding hydrogens is 220 g/mol. The van der Waals surface area contributed by atoms with Crippen molar-refractivity contribution in [2.75, 3.05) is 38.8 Å². The number of halogens is 1. The van der Waals surface area contributed by atoms with Crippen LogP contribution in [0.3, 0.4) is 0 Å². The minimum Gasteiger partial charge on any atom is -0.382 e. The monoisotopic (exact) mass is 232 g/mol. The van der Waals surface area contributed by atoms with Gasteiger partial charge in [0, 0.05) is 13.7 Å². The van der Waals surface area contributed by atoms with Gasteiger partial charge in [-0.25, -0.2) is 0 Å². The molecule has 0 amide bonds. The van der Waals surface area contributed by atoms with Crippen LogP contribution < -0.4 is 5.32 Å². The fourth-order valence-electron chi connectivity index (χ4n) is 0.863. The van der Waals surface area contributed by atoms with Crippen LogP contribution in [0.25, 0.3) is 0 Å². The summed E-state index contributed by atoms with van der Waals surface area (Å²) in [5.41, 5.74) is 0. The summed E-state index contributed by atoms with van der Waals surface area (Å²) in [6.07, 6.45) is 1.50. The first-order valence-electron chi connectivity index (χ1n) is 4.48. The molecule has 0 spiro atoms. The molecule has 0 unspecified atom stereocenters. The van der Waals surface area contributed by atoms with Crippen molar-refractivity contribution in [3.63, 3.8) is 0 Å². The van der Waals surface area contributed by atoms with Gasteiger partial charge in [0.25, 0.3) is 0 Å². The Morgan fingerprint density at radius 3 is 3.00 bits per heavy atom. The van der Waals surface area contributed by atoms with E-state index in [0.717, 1.165) is 0 Å². The van der Waals surface area contributed by atoms with Crippen LogP contribution >= 0.6 is 11.6 Å². The number of aromatic nitrogens is 3. The maximum atomic E-state index is 5.55. The van der Waals surface area contributed by atoms with E-state index in [1.807, 2.05) is 0 Å². The summed E-state index contributed by atoms with van der Waals surface area (Å²) < 4.78 is 10.1. The molecule has 1 aromatic heterocycles. The number of ether oxygens (including phenoxy) is 2. The molecule has 0 saturated carbocycles. The summed E-state index contributed by atoms with van der Waals surface area (Å²) >= 11 is 5.55. The van der Waals surface area contributed by atoms with Crippen molar-refractivity contribution in [2.45, 2.75) is 0 Å². The molecule has 0 fully saturated rings. The third-order valence-electron chi connectivity index (χ3n) is 1.52. The van der Waals surface area contributed by atoms with Gasteiger partial charge in [-0.05, 0) is 11.6 Å². The Labute approximate surface area is 93.0 Å². The highest BCUT2D eigenvalue weighted by Crippen LogP contribution is 2.02. The lowest BCUT2D eigenvalue weighted by Crippen LogP contribution is -2.13. The highest BCUT2D eigenvalue weighted by molar-refractivity contribution is 6.28. The first-order valence-corrected chi connectivity index (χ1v) is 4.86. The number of hydrogen-bond acceptors (Lipinski definition) is 6. The summed E-state index contributed by atoms with van der Waals surface area (Å²) in [7, 11) is 1.64. The number of nitrogens with zero attached hydrogens (tertiary/aromatic N) is 3. The van der Waals surface area contributed by atoms with Crippen LogP contribution in [0, 0.1) is 0 Å². The molecule has 84 valence electrons. The summed E-state index contributed by atoms with van der Waals surface area (Å²) in [6, 6.07) is 0. The van der Waals surface area contributed by atoms with Crippen molar-refractivity contribution in [1.29, 1.82) is 0 Å². The summed E-state index contributed by atoms with van der Waals surface area (Å²) in [5, 5.41) is 10.3. The Morgan fingerprint density at radius 2 is 2.27 bits per heavy atom. The maximum Gasteiger partial charge on any atom is 0.244 e. The molecule has 0 aliphatic carbocycles. The van der Waals surface area contributed by atoms with Gasteiger partial charge in [-0.15, -0.1) is 5.10 Å². The van der Waals surface area contributed by atoms with Crippen LogP contribution in [0.1, 0.15) is 0 Å². The molecule has 7 heteroatoms. The van der Waals surface area contributed by atoms with Crippen LogP contribution in [0.4, 0.5) is 5.82 Å². The highest BCUT2D eigenvalue weighted by atomic mass is 35.5.